The molecule has 0 fully saturated rings. The van der Waals surface area contributed by atoms with Gasteiger partial charge in [0.25, 0.3) is 0 Å². The van der Waals surface area contributed by atoms with Crippen molar-refractivity contribution in [3.8, 4) is 0 Å². The number of aromatic nitrogens is 4. The molecule has 4 N–H and O–H groups in total. The zero-order valence-corrected chi connectivity index (χ0v) is 20.7. The molecule has 0 aliphatic carbocycles. The lowest BCUT2D eigenvalue weighted by molar-refractivity contribution is -0.126. The summed E-state index contributed by atoms with van der Waals surface area (Å²) in [5.41, 5.74) is 7.03. The van der Waals surface area contributed by atoms with Crippen LogP contribution in [0.1, 0.15) is 44.4 Å². The molecule has 0 unspecified atom stereocenters. The number of rotatable bonds is 10. The first kappa shape index (κ1) is 27.7. The molecule has 0 aliphatic rings. The normalized spacial score (nSPS) is 12.0. The lowest BCUT2D eigenvalue weighted by atomic mass is 10.1. The van der Waals surface area contributed by atoms with E-state index in [0.29, 0.717) is 28.9 Å². The number of nitrogens with two attached hydrogens (primary N) is 1. The Morgan fingerprint density at radius 2 is 1.89 bits per heavy atom. The number of nitrogens with zero attached hydrogens (tertiary/aromatic N) is 4. The maximum Gasteiger partial charge on any atom is 0.413 e. The summed E-state index contributed by atoms with van der Waals surface area (Å²) in [5.74, 6) is 0.0549. The summed E-state index contributed by atoms with van der Waals surface area (Å²) in [6.07, 6.45) is 0.944. The number of pyridine rings is 1. The topological polar surface area (TPSA) is 146 Å². The highest BCUT2D eigenvalue weighted by molar-refractivity contribution is 7.13. The van der Waals surface area contributed by atoms with Crippen LogP contribution in [-0.2, 0) is 27.5 Å². The number of thiazole rings is 1. The molecule has 1 aromatic carbocycles. The summed E-state index contributed by atoms with van der Waals surface area (Å²) >= 11 is 1.28. The van der Waals surface area contributed by atoms with Crippen molar-refractivity contribution >= 4 is 34.1 Å². The highest BCUT2D eigenvalue weighted by Crippen LogP contribution is 2.19. The number of carbonyl (C=O) groups excluding carboxylic acids is 2. The van der Waals surface area contributed by atoms with E-state index >= 15 is 0 Å². The van der Waals surface area contributed by atoms with Crippen LogP contribution in [0, 0.1) is 0 Å². The van der Waals surface area contributed by atoms with E-state index in [0.717, 1.165) is 5.56 Å². The molecule has 3 aromatic heterocycles. The summed E-state index contributed by atoms with van der Waals surface area (Å²) in [6.45, 7) is 3.65. The van der Waals surface area contributed by atoms with E-state index in [4.69, 9.17) is 15.2 Å². The van der Waals surface area contributed by atoms with Crippen molar-refractivity contribution in [2.45, 2.75) is 46.1 Å². The van der Waals surface area contributed by atoms with Gasteiger partial charge in [0.2, 0.25) is 5.91 Å². The first-order valence-electron chi connectivity index (χ1n) is 11.2. The highest BCUT2D eigenvalue weighted by atomic mass is 32.1. The largest absolute Gasteiger partial charge is 0.443 e. The summed E-state index contributed by atoms with van der Waals surface area (Å²) in [7, 11) is 0. The van der Waals surface area contributed by atoms with Gasteiger partial charge in [0.1, 0.15) is 12.6 Å². The third-order valence-electron chi connectivity index (χ3n) is 5.12. The predicted molar refractivity (Wildman–Crippen MR) is 141 cm³/mol. The number of hydrogen-bond acceptors (Lipinski definition) is 9. The Labute approximate surface area is 219 Å². The first-order valence-corrected chi connectivity index (χ1v) is 12.1. The van der Waals surface area contributed by atoms with Gasteiger partial charge in [0, 0.05) is 11.6 Å². The molecule has 4 aromatic rings. The van der Waals surface area contributed by atoms with E-state index in [1.807, 2.05) is 30.3 Å². The predicted octanol–water partition coefficient (Wildman–Crippen LogP) is 3.68. The molecule has 0 saturated carbocycles. The van der Waals surface area contributed by atoms with E-state index in [2.05, 4.69) is 25.8 Å². The molecule has 3 heterocycles. The fourth-order valence-electron chi connectivity index (χ4n) is 3.31. The van der Waals surface area contributed by atoms with E-state index in [1.54, 1.807) is 48.0 Å². The molecule has 12 heteroatoms. The fourth-order valence-corrected chi connectivity index (χ4v) is 3.83. The van der Waals surface area contributed by atoms with Crippen LogP contribution >= 0.6 is 11.3 Å². The third-order valence-corrected chi connectivity index (χ3v) is 5.81. The number of benzene rings is 1. The highest BCUT2D eigenvalue weighted by Gasteiger charge is 2.28. The molecule has 0 aliphatic heterocycles. The van der Waals surface area contributed by atoms with Crippen LogP contribution in [0.5, 0.6) is 0 Å². The maximum absolute atomic E-state index is 12.8. The standard InChI is InChI=1S/C24H27N7O4S.CH4/c1-24(2,25)21(32)27-18(15-34-13-16-7-4-3-5-8-16)20-30-29-19-10-6-9-17(31(19)20)14-35-23(33)28-22-26-11-12-36-22;/h3-12,18H,13-15,25H2,1-2H3,(H,27,32)(H,26,28,33);1H4/t18-;/m1./s1. The van der Waals surface area contributed by atoms with Gasteiger partial charge >= 0.3 is 6.09 Å². The van der Waals surface area contributed by atoms with Gasteiger partial charge in [-0.25, -0.2) is 9.78 Å². The monoisotopic (exact) mass is 525 g/mol. The van der Waals surface area contributed by atoms with E-state index < -0.39 is 17.7 Å². The number of amides is 2. The van der Waals surface area contributed by atoms with Gasteiger partial charge in [-0.15, -0.1) is 21.5 Å². The van der Waals surface area contributed by atoms with Gasteiger partial charge in [-0.3, -0.25) is 14.5 Å². The molecular weight excluding hydrogens is 494 g/mol. The van der Waals surface area contributed by atoms with Crippen LogP contribution in [-0.4, -0.2) is 43.7 Å². The minimum atomic E-state index is -1.11. The zero-order valence-electron chi connectivity index (χ0n) is 19.9. The molecule has 0 saturated heterocycles. The summed E-state index contributed by atoms with van der Waals surface area (Å²) in [6, 6.07) is 14.4. The average molecular weight is 526 g/mol. The van der Waals surface area contributed by atoms with E-state index in [9.17, 15) is 9.59 Å². The van der Waals surface area contributed by atoms with Crippen molar-refractivity contribution in [2.75, 3.05) is 11.9 Å². The number of carbonyl (C=O) groups is 2. The minimum absolute atomic E-state index is 0. The SMILES string of the molecule is C.CC(C)(N)C(=O)N[C@H](COCc1ccccc1)c1nnc2cccc(COC(=O)Nc3nccs3)n12. The Hall–Kier alpha value is -3.87. The number of nitrogens with one attached hydrogen (secondary N) is 2. The summed E-state index contributed by atoms with van der Waals surface area (Å²) < 4.78 is 13.0. The van der Waals surface area contributed by atoms with Gasteiger partial charge in [-0.2, -0.15) is 0 Å². The van der Waals surface area contributed by atoms with Crippen molar-refractivity contribution in [1.82, 2.24) is 24.9 Å². The Balaban J connectivity index is 0.00000380. The summed E-state index contributed by atoms with van der Waals surface area (Å²) in [5, 5.41) is 16.2. The average Bonchev–Trinajstić information content (AvgIpc) is 3.52. The van der Waals surface area contributed by atoms with E-state index in [-0.39, 0.29) is 26.5 Å². The van der Waals surface area contributed by atoms with Crippen molar-refractivity contribution < 1.29 is 19.1 Å². The quantitative estimate of drug-likeness (QED) is 0.284. The van der Waals surface area contributed by atoms with Gasteiger partial charge in [-0.1, -0.05) is 43.8 Å². The van der Waals surface area contributed by atoms with Crippen molar-refractivity contribution in [1.29, 1.82) is 0 Å². The second kappa shape index (κ2) is 12.4. The third kappa shape index (κ3) is 7.32. The van der Waals surface area contributed by atoms with Crippen molar-refractivity contribution in [3.63, 3.8) is 0 Å². The molecule has 11 nitrogen and oxygen atoms in total. The molecule has 1 atom stereocenters. The second-order valence-electron chi connectivity index (χ2n) is 8.56. The van der Waals surface area contributed by atoms with Crippen LogP contribution in [0.4, 0.5) is 9.93 Å². The Morgan fingerprint density at radius 3 is 2.59 bits per heavy atom. The molecule has 0 bridgehead atoms. The molecule has 37 heavy (non-hydrogen) atoms. The smallest absolute Gasteiger partial charge is 0.413 e. The van der Waals surface area contributed by atoms with Gasteiger partial charge in [-0.05, 0) is 31.5 Å². The van der Waals surface area contributed by atoms with Gasteiger partial charge < -0.3 is 20.5 Å². The molecule has 4 rings (SSSR count). The van der Waals surface area contributed by atoms with Crippen LogP contribution in [0.25, 0.3) is 5.65 Å². The molecule has 0 radical (unpaired) electrons. The van der Waals surface area contributed by atoms with Crippen LogP contribution in [0.2, 0.25) is 0 Å². The van der Waals surface area contributed by atoms with Crippen molar-refractivity contribution in [2.24, 2.45) is 5.73 Å². The second-order valence-corrected chi connectivity index (χ2v) is 9.45. The van der Waals surface area contributed by atoms with Crippen LogP contribution in [0.3, 0.4) is 0 Å². The number of ether oxygens (including phenoxy) is 2. The maximum atomic E-state index is 12.8. The van der Waals surface area contributed by atoms with Crippen LogP contribution in [0.15, 0.2) is 60.1 Å². The number of hydrogen-bond donors (Lipinski definition) is 3. The first-order chi connectivity index (χ1) is 17.3. The Kier molecular flexibility index (Phi) is 9.28. The van der Waals surface area contributed by atoms with Crippen LogP contribution < -0.4 is 16.4 Å². The number of fused-ring (bicyclic) bond motifs is 1. The zero-order chi connectivity index (χ0) is 25.5. The molecule has 0 spiro atoms. The molecule has 196 valence electrons. The van der Waals surface area contributed by atoms with Gasteiger partial charge in [0.05, 0.1) is 24.4 Å². The fraction of sp³-hybridized carbons (Fsp3) is 0.320. The Morgan fingerprint density at radius 1 is 1.11 bits per heavy atom. The minimum Gasteiger partial charge on any atom is -0.443 e. The Bertz CT molecular complexity index is 1300. The molecule has 2 amide bonds. The van der Waals surface area contributed by atoms with E-state index in [1.165, 1.54) is 11.3 Å². The van der Waals surface area contributed by atoms with Crippen molar-refractivity contribution in [3.05, 3.63) is 77.2 Å². The lowest BCUT2D eigenvalue weighted by Gasteiger charge is -2.24. The summed E-state index contributed by atoms with van der Waals surface area (Å²) in [4.78, 5) is 29.0. The number of anilines is 1. The molecular formula is C25H31N7O4S. The lowest BCUT2D eigenvalue weighted by Crippen LogP contribution is -2.51. The van der Waals surface area contributed by atoms with Gasteiger partial charge in [0.15, 0.2) is 16.6 Å².